The quantitative estimate of drug-likeness (QED) is 0.810. The van der Waals surface area contributed by atoms with Gasteiger partial charge in [-0.3, -0.25) is 4.90 Å². The molecule has 1 aliphatic carbocycles. The van der Waals surface area contributed by atoms with E-state index in [1.165, 1.54) is 50.6 Å². The first-order valence-corrected chi connectivity index (χ1v) is 9.91. The third-order valence-electron chi connectivity index (χ3n) is 5.48. The Labute approximate surface area is 147 Å². The molecule has 0 aromatic heterocycles. The minimum Gasteiger partial charge on any atom is -0.491 e. The lowest BCUT2D eigenvalue weighted by Crippen LogP contribution is -2.40. The second kappa shape index (κ2) is 8.87. The maximum Gasteiger partial charge on any atom is 0.124 e. The molecule has 0 unspecified atom stereocenters. The minimum atomic E-state index is 0.228. The summed E-state index contributed by atoms with van der Waals surface area (Å²) in [5, 5.41) is 3.55. The van der Waals surface area contributed by atoms with Crippen molar-refractivity contribution < 1.29 is 4.74 Å². The van der Waals surface area contributed by atoms with Gasteiger partial charge in [-0.2, -0.15) is 0 Å². The lowest BCUT2D eigenvalue weighted by molar-refractivity contribution is 0.145. The van der Waals surface area contributed by atoms with E-state index in [0.29, 0.717) is 6.04 Å². The molecule has 24 heavy (non-hydrogen) atoms. The molecule has 3 heteroatoms. The Morgan fingerprint density at radius 3 is 2.62 bits per heavy atom. The molecule has 0 amide bonds. The summed E-state index contributed by atoms with van der Waals surface area (Å²) in [5.41, 5.74) is 1.34. The molecule has 1 aromatic carbocycles. The van der Waals surface area contributed by atoms with Crippen LogP contribution in [0.15, 0.2) is 24.3 Å². The molecule has 3 rings (SSSR count). The van der Waals surface area contributed by atoms with Gasteiger partial charge in [-0.25, -0.2) is 0 Å². The van der Waals surface area contributed by atoms with Crippen molar-refractivity contribution in [2.75, 3.05) is 19.6 Å². The lowest BCUT2D eigenvalue weighted by atomic mass is 9.88. The van der Waals surface area contributed by atoms with Crippen LogP contribution in [0, 0.1) is 5.92 Å². The van der Waals surface area contributed by atoms with Gasteiger partial charge in [-0.1, -0.05) is 37.5 Å². The van der Waals surface area contributed by atoms with Crippen LogP contribution in [0.3, 0.4) is 0 Å². The predicted octanol–water partition coefficient (Wildman–Crippen LogP) is 4.22. The van der Waals surface area contributed by atoms with E-state index in [9.17, 15) is 0 Å². The third kappa shape index (κ3) is 4.97. The fraction of sp³-hybridized carbons (Fsp3) is 0.714. The van der Waals surface area contributed by atoms with Crippen LogP contribution in [0.5, 0.6) is 5.75 Å². The summed E-state index contributed by atoms with van der Waals surface area (Å²) >= 11 is 0. The smallest absolute Gasteiger partial charge is 0.124 e. The number of rotatable bonds is 7. The zero-order chi connectivity index (χ0) is 16.8. The second-order valence-corrected chi connectivity index (χ2v) is 7.85. The molecule has 1 aromatic rings. The zero-order valence-electron chi connectivity index (χ0n) is 15.5. The molecule has 0 spiro atoms. The molecule has 1 atom stereocenters. The monoisotopic (exact) mass is 330 g/mol. The highest BCUT2D eigenvalue weighted by Crippen LogP contribution is 2.28. The summed E-state index contributed by atoms with van der Waals surface area (Å²) in [5.74, 6) is 1.95. The van der Waals surface area contributed by atoms with E-state index in [1.54, 1.807) is 0 Å². The molecule has 0 radical (unpaired) electrons. The maximum absolute atomic E-state index is 6.06. The molecule has 1 heterocycles. The van der Waals surface area contributed by atoms with Gasteiger partial charge in [0.05, 0.1) is 6.10 Å². The van der Waals surface area contributed by atoms with Gasteiger partial charge in [0.1, 0.15) is 5.75 Å². The van der Waals surface area contributed by atoms with Gasteiger partial charge < -0.3 is 10.1 Å². The van der Waals surface area contributed by atoms with Crippen LogP contribution in [0.2, 0.25) is 0 Å². The van der Waals surface area contributed by atoms with Crippen LogP contribution in [0.1, 0.15) is 57.9 Å². The van der Waals surface area contributed by atoms with Gasteiger partial charge in [-0.05, 0) is 51.6 Å². The Morgan fingerprint density at radius 2 is 1.92 bits per heavy atom. The normalized spacial score (nSPS) is 22.4. The highest BCUT2D eigenvalue weighted by Gasteiger charge is 2.26. The minimum absolute atomic E-state index is 0.228. The van der Waals surface area contributed by atoms with Gasteiger partial charge in [-0.15, -0.1) is 0 Å². The molecule has 2 fully saturated rings. The van der Waals surface area contributed by atoms with Crippen molar-refractivity contribution >= 4 is 0 Å². The summed E-state index contributed by atoms with van der Waals surface area (Å²) in [6, 6.07) is 9.28. The number of hydrogen-bond donors (Lipinski definition) is 1. The van der Waals surface area contributed by atoms with E-state index in [4.69, 9.17) is 4.74 Å². The second-order valence-electron chi connectivity index (χ2n) is 7.85. The number of nitrogens with zero attached hydrogens (tertiary/aromatic N) is 1. The van der Waals surface area contributed by atoms with Crippen LogP contribution < -0.4 is 10.1 Å². The first-order valence-electron chi connectivity index (χ1n) is 9.91. The third-order valence-corrected chi connectivity index (χ3v) is 5.48. The number of nitrogens with one attached hydrogen (secondary N) is 1. The van der Waals surface area contributed by atoms with Crippen molar-refractivity contribution in [1.29, 1.82) is 0 Å². The van der Waals surface area contributed by atoms with Crippen molar-refractivity contribution in [3.8, 4) is 5.75 Å². The number of para-hydroxylation sites is 1. The summed E-state index contributed by atoms with van der Waals surface area (Å²) in [6.45, 7) is 8.79. The van der Waals surface area contributed by atoms with Crippen LogP contribution in [-0.4, -0.2) is 36.7 Å². The molecule has 1 aliphatic heterocycles. The Kier molecular flexibility index (Phi) is 6.56. The molecule has 0 bridgehead atoms. The first kappa shape index (κ1) is 17.8. The number of hydrogen-bond acceptors (Lipinski definition) is 3. The molecule has 2 aliphatic rings. The average molecular weight is 331 g/mol. The lowest BCUT2D eigenvalue weighted by Gasteiger charge is -2.34. The summed E-state index contributed by atoms with van der Waals surface area (Å²) in [4.78, 5) is 2.73. The SMILES string of the molecule is CC(C)Oc1ccccc1CN(CC1CCCCC1)[C@H]1CCNC1. The van der Waals surface area contributed by atoms with Crippen LogP contribution in [-0.2, 0) is 6.54 Å². The fourth-order valence-corrected chi connectivity index (χ4v) is 4.22. The van der Waals surface area contributed by atoms with E-state index >= 15 is 0 Å². The Balaban J connectivity index is 1.71. The summed E-state index contributed by atoms with van der Waals surface area (Å²) in [6.07, 6.45) is 8.63. The topological polar surface area (TPSA) is 24.5 Å². The van der Waals surface area contributed by atoms with Crippen LogP contribution >= 0.6 is 0 Å². The molecular formula is C21H34N2O. The van der Waals surface area contributed by atoms with Gasteiger partial charge in [0.25, 0.3) is 0 Å². The Morgan fingerprint density at radius 1 is 1.12 bits per heavy atom. The van der Waals surface area contributed by atoms with E-state index in [-0.39, 0.29) is 6.10 Å². The number of ether oxygens (including phenoxy) is 1. The fourth-order valence-electron chi connectivity index (χ4n) is 4.22. The van der Waals surface area contributed by atoms with Crippen LogP contribution in [0.4, 0.5) is 0 Å². The van der Waals surface area contributed by atoms with Crippen molar-refractivity contribution in [1.82, 2.24) is 10.2 Å². The van der Waals surface area contributed by atoms with Gasteiger partial charge >= 0.3 is 0 Å². The average Bonchev–Trinajstić information content (AvgIpc) is 3.11. The molecule has 3 nitrogen and oxygen atoms in total. The number of benzene rings is 1. The summed E-state index contributed by atoms with van der Waals surface area (Å²) < 4.78 is 6.06. The molecular weight excluding hydrogens is 296 g/mol. The molecule has 1 N–H and O–H groups in total. The van der Waals surface area contributed by atoms with Crippen molar-refractivity contribution in [3.63, 3.8) is 0 Å². The van der Waals surface area contributed by atoms with Gasteiger partial charge in [0.2, 0.25) is 0 Å². The largest absolute Gasteiger partial charge is 0.491 e. The predicted molar refractivity (Wildman–Crippen MR) is 100 cm³/mol. The summed E-state index contributed by atoms with van der Waals surface area (Å²) in [7, 11) is 0. The molecule has 134 valence electrons. The highest BCUT2D eigenvalue weighted by atomic mass is 16.5. The Bertz CT molecular complexity index is 490. The maximum atomic E-state index is 6.06. The van der Waals surface area contributed by atoms with Gasteiger partial charge in [0, 0.05) is 31.2 Å². The van der Waals surface area contributed by atoms with E-state index in [2.05, 4.69) is 48.3 Å². The Hall–Kier alpha value is -1.06. The van der Waals surface area contributed by atoms with Crippen molar-refractivity contribution in [3.05, 3.63) is 29.8 Å². The standard InChI is InChI=1S/C21H34N2O/c1-17(2)24-21-11-7-6-10-19(21)16-23(20-12-13-22-14-20)15-18-8-4-3-5-9-18/h6-7,10-11,17-18,20,22H,3-5,8-9,12-16H2,1-2H3/t20-/m0/s1. The van der Waals surface area contributed by atoms with E-state index < -0.39 is 0 Å². The van der Waals surface area contributed by atoms with E-state index in [1.807, 2.05) is 0 Å². The van der Waals surface area contributed by atoms with Crippen molar-refractivity contribution in [2.45, 2.75) is 71.1 Å². The van der Waals surface area contributed by atoms with E-state index in [0.717, 1.165) is 31.3 Å². The van der Waals surface area contributed by atoms with Crippen molar-refractivity contribution in [2.24, 2.45) is 5.92 Å². The first-order chi connectivity index (χ1) is 11.7. The molecule has 1 saturated carbocycles. The molecule has 1 saturated heterocycles. The van der Waals surface area contributed by atoms with Crippen LogP contribution in [0.25, 0.3) is 0 Å². The zero-order valence-corrected chi connectivity index (χ0v) is 15.5. The highest BCUT2D eigenvalue weighted by molar-refractivity contribution is 5.33. The van der Waals surface area contributed by atoms with Gasteiger partial charge in [0.15, 0.2) is 0 Å².